The second-order valence-electron chi connectivity index (χ2n) is 6.84. The van der Waals surface area contributed by atoms with Crippen molar-refractivity contribution in [3.63, 3.8) is 0 Å². The van der Waals surface area contributed by atoms with Crippen LogP contribution in [0.1, 0.15) is 18.7 Å². The summed E-state index contributed by atoms with van der Waals surface area (Å²) in [5.74, 6) is -0.803. The van der Waals surface area contributed by atoms with Gasteiger partial charge in [-0.2, -0.15) is 4.98 Å². The van der Waals surface area contributed by atoms with Crippen molar-refractivity contribution in [3.8, 4) is 11.4 Å². The first-order valence-corrected chi connectivity index (χ1v) is 8.92. The zero-order valence-electron chi connectivity index (χ0n) is 15.1. The Kier molecular flexibility index (Phi) is 4.77. The average Bonchev–Trinajstić information content (AvgIpc) is 3.32. The van der Waals surface area contributed by atoms with Crippen molar-refractivity contribution in [2.24, 2.45) is 5.92 Å². The molecule has 1 aliphatic rings. The molecule has 1 fully saturated rings. The molecule has 4 rings (SSSR count). The minimum absolute atomic E-state index is 0.0558. The summed E-state index contributed by atoms with van der Waals surface area (Å²) in [6.07, 6.45) is 0. The lowest BCUT2D eigenvalue weighted by molar-refractivity contribution is 0.220. The number of para-hydroxylation sites is 1. The molecular formula is C20H18F2N4O2. The van der Waals surface area contributed by atoms with Crippen LogP contribution in [0.15, 0.2) is 53.1 Å². The Balaban J connectivity index is 1.48. The molecule has 2 unspecified atom stereocenters. The molecule has 8 heteroatoms. The number of amides is 2. The smallest absolute Gasteiger partial charge is 0.322 e. The van der Waals surface area contributed by atoms with Crippen LogP contribution >= 0.6 is 0 Å². The van der Waals surface area contributed by atoms with Crippen LogP contribution in [0.25, 0.3) is 11.4 Å². The van der Waals surface area contributed by atoms with Crippen molar-refractivity contribution in [1.29, 1.82) is 0 Å². The molecule has 1 saturated heterocycles. The lowest BCUT2D eigenvalue weighted by Gasteiger charge is -2.17. The molecule has 28 heavy (non-hydrogen) atoms. The normalized spacial score (nSPS) is 19.0. The van der Waals surface area contributed by atoms with E-state index in [0.29, 0.717) is 24.8 Å². The van der Waals surface area contributed by atoms with Crippen molar-refractivity contribution in [1.82, 2.24) is 15.0 Å². The van der Waals surface area contributed by atoms with Gasteiger partial charge >= 0.3 is 6.03 Å². The van der Waals surface area contributed by atoms with Gasteiger partial charge in [-0.15, -0.1) is 0 Å². The van der Waals surface area contributed by atoms with Gasteiger partial charge in [0, 0.05) is 18.7 Å². The van der Waals surface area contributed by atoms with Crippen LogP contribution < -0.4 is 5.32 Å². The maximum Gasteiger partial charge on any atom is 0.322 e. The second kappa shape index (κ2) is 7.38. The van der Waals surface area contributed by atoms with Gasteiger partial charge < -0.3 is 14.7 Å². The number of urea groups is 1. The highest BCUT2D eigenvalue weighted by atomic mass is 19.1. The molecule has 3 aromatic rings. The topological polar surface area (TPSA) is 71.3 Å². The Bertz CT molecular complexity index is 973. The van der Waals surface area contributed by atoms with E-state index in [1.807, 2.05) is 37.3 Å². The highest BCUT2D eigenvalue weighted by Crippen LogP contribution is 2.33. The number of anilines is 1. The fourth-order valence-corrected chi connectivity index (χ4v) is 3.35. The number of carbonyl (C=O) groups excluding carboxylic acids is 1. The molecule has 0 spiro atoms. The van der Waals surface area contributed by atoms with E-state index in [-0.39, 0.29) is 11.8 Å². The third kappa shape index (κ3) is 3.45. The van der Waals surface area contributed by atoms with Gasteiger partial charge in [0.05, 0.1) is 5.92 Å². The van der Waals surface area contributed by atoms with E-state index in [4.69, 9.17) is 4.52 Å². The summed E-state index contributed by atoms with van der Waals surface area (Å²) in [5, 5.41) is 6.34. The molecule has 0 radical (unpaired) electrons. The van der Waals surface area contributed by atoms with Crippen molar-refractivity contribution in [2.45, 2.75) is 12.8 Å². The van der Waals surface area contributed by atoms with Gasteiger partial charge in [0.2, 0.25) is 11.7 Å². The van der Waals surface area contributed by atoms with E-state index in [9.17, 15) is 13.6 Å². The molecule has 0 saturated carbocycles. The molecule has 144 valence electrons. The lowest BCUT2D eigenvalue weighted by Crippen LogP contribution is -2.33. The molecule has 2 amide bonds. The maximum absolute atomic E-state index is 13.8. The Hall–Kier alpha value is -3.29. The molecule has 1 N–H and O–H groups in total. The largest absolute Gasteiger partial charge is 0.339 e. The Labute approximate surface area is 160 Å². The molecular weight excluding hydrogens is 366 g/mol. The average molecular weight is 384 g/mol. The van der Waals surface area contributed by atoms with Gasteiger partial charge in [-0.1, -0.05) is 48.5 Å². The Morgan fingerprint density at radius 2 is 1.82 bits per heavy atom. The van der Waals surface area contributed by atoms with Gasteiger partial charge in [0.15, 0.2) is 0 Å². The van der Waals surface area contributed by atoms with Crippen LogP contribution in [-0.4, -0.2) is 34.2 Å². The van der Waals surface area contributed by atoms with Crippen LogP contribution in [0, 0.1) is 17.6 Å². The third-order valence-corrected chi connectivity index (χ3v) is 4.89. The fourth-order valence-electron chi connectivity index (χ4n) is 3.35. The molecule has 2 heterocycles. The van der Waals surface area contributed by atoms with Crippen molar-refractivity contribution < 1.29 is 18.1 Å². The predicted molar refractivity (Wildman–Crippen MR) is 98.6 cm³/mol. The highest BCUT2D eigenvalue weighted by molar-refractivity contribution is 5.89. The van der Waals surface area contributed by atoms with Gasteiger partial charge in [0.25, 0.3) is 0 Å². The number of hydrogen-bond acceptors (Lipinski definition) is 4. The molecule has 0 aliphatic carbocycles. The number of rotatable bonds is 3. The lowest BCUT2D eigenvalue weighted by atomic mass is 9.98. The summed E-state index contributed by atoms with van der Waals surface area (Å²) >= 11 is 0. The zero-order valence-corrected chi connectivity index (χ0v) is 15.1. The van der Waals surface area contributed by atoms with Gasteiger partial charge in [-0.05, 0) is 18.1 Å². The summed E-state index contributed by atoms with van der Waals surface area (Å²) < 4.78 is 33.0. The van der Waals surface area contributed by atoms with Crippen molar-refractivity contribution in [3.05, 3.63) is 66.1 Å². The summed E-state index contributed by atoms with van der Waals surface area (Å²) in [4.78, 5) is 18.4. The molecule has 1 aromatic heterocycles. The monoisotopic (exact) mass is 384 g/mol. The molecule has 0 bridgehead atoms. The number of aromatic nitrogens is 2. The SMILES string of the molecule is CC1CN(C(=O)Nc2c(F)cccc2F)CC1c1nc(-c2ccccc2)no1. The third-order valence-electron chi connectivity index (χ3n) is 4.89. The summed E-state index contributed by atoms with van der Waals surface area (Å²) in [7, 11) is 0. The first-order valence-electron chi connectivity index (χ1n) is 8.92. The van der Waals surface area contributed by atoms with E-state index in [1.165, 1.54) is 11.0 Å². The van der Waals surface area contributed by atoms with Gasteiger partial charge in [-0.3, -0.25) is 0 Å². The zero-order chi connectivity index (χ0) is 19.7. The van der Waals surface area contributed by atoms with Gasteiger partial charge in [-0.25, -0.2) is 13.6 Å². The van der Waals surface area contributed by atoms with E-state index in [0.717, 1.165) is 17.7 Å². The van der Waals surface area contributed by atoms with Crippen LogP contribution in [0.4, 0.5) is 19.3 Å². The van der Waals surface area contributed by atoms with Crippen LogP contribution in [0.3, 0.4) is 0 Å². The van der Waals surface area contributed by atoms with E-state index < -0.39 is 23.4 Å². The van der Waals surface area contributed by atoms with Crippen molar-refractivity contribution >= 4 is 11.7 Å². The molecule has 2 aromatic carbocycles. The first-order chi connectivity index (χ1) is 13.5. The van der Waals surface area contributed by atoms with E-state index >= 15 is 0 Å². The fraction of sp³-hybridized carbons (Fsp3) is 0.250. The second-order valence-corrected chi connectivity index (χ2v) is 6.84. The Morgan fingerprint density at radius 1 is 1.11 bits per heavy atom. The van der Waals surface area contributed by atoms with Gasteiger partial charge in [0.1, 0.15) is 17.3 Å². The number of nitrogens with one attached hydrogen (secondary N) is 1. The number of carbonyl (C=O) groups is 1. The summed E-state index contributed by atoms with van der Waals surface area (Å²) in [6.45, 7) is 2.70. The van der Waals surface area contributed by atoms with Crippen LogP contribution in [-0.2, 0) is 0 Å². The minimum atomic E-state index is -0.818. The van der Waals surface area contributed by atoms with Crippen LogP contribution in [0.2, 0.25) is 0 Å². The number of benzene rings is 2. The quantitative estimate of drug-likeness (QED) is 0.732. The number of halogens is 2. The van der Waals surface area contributed by atoms with Crippen molar-refractivity contribution in [2.75, 3.05) is 18.4 Å². The molecule has 6 nitrogen and oxygen atoms in total. The summed E-state index contributed by atoms with van der Waals surface area (Å²) in [5.41, 5.74) is 0.389. The van der Waals surface area contributed by atoms with Crippen LogP contribution in [0.5, 0.6) is 0 Å². The Morgan fingerprint density at radius 3 is 2.54 bits per heavy atom. The number of likely N-dealkylation sites (tertiary alicyclic amines) is 1. The molecule has 2 atom stereocenters. The first kappa shape index (κ1) is 18.1. The standard InChI is InChI=1S/C20H18F2N4O2/c1-12-10-26(20(27)23-17-15(21)8-5-9-16(17)22)11-14(12)19-24-18(25-28-19)13-6-3-2-4-7-13/h2-9,12,14H,10-11H2,1H3,(H,23,27). The molecule has 1 aliphatic heterocycles. The number of nitrogens with zero attached hydrogens (tertiary/aromatic N) is 3. The number of hydrogen-bond donors (Lipinski definition) is 1. The predicted octanol–water partition coefficient (Wildman–Crippen LogP) is 4.28. The summed E-state index contributed by atoms with van der Waals surface area (Å²) in [6, 6.07) is 12.3. The highest BCUT2D eigenvalue weighted by Gasteiger charge is 2.37. The maximum atomic E-state index is 13.8. The van der Waals surface area contributed by atoms with E-state index in [2.05, 4.69) is 15.5 Å². The minimum Gasteiger partial charge on any atom is -0.339 e. The van der Waals surface area contributed by atoms with E-state index in [1.54, 1.807) is 0 Å².